The number of pyridine rings is 1. The van der Waals surface area contributed by atoms with Crippen LogP contribution in [0, 0.1) is 6.92 Å². The molecule has 14 heavy (non-hydrogen) atoms. The third-order valence-electron chi connectivity index (χ3n) is 2.85. The Bertz CT molecular complexity index is 369. The summed E-state index contributed by atoms with van der Waals surface area (Å²) in [6.07, 6.45) is 3.86. The average Bonchev–Trinajstić information content (AvgIpc) is 2.85. The first-order valence-corrected chi connectivity index (χ1v) is 4.78. The summed E-state index contributed by atoms with van der Waals surface area (Å²) in [6.45, 7) is 1.99. The second kappa shape index (κ2) is 3.08. The number of hydrogen-bond donors (Lipinski definition) is 1. The molecule has 0 saturated heterocycles. The number of aromatic nitrogens is 1. The maximum Gasteiger partial charge on any atom is 0.304 e. The molecule has 1 aromatic heterocycles. The third-order valence-corrected chi connectivity index (χ3v) is 2.85. The van der Waals surface area contributed by atoms with Gasteiger partial charge in [-0.25, -0.2) is 0 Å². The number of nitrogens with zero attached hydrogens (tertiary/aromatic N) is 1. The molecule has 74 valence electrons. The molecule has 0 atom stereocenters. The van der Waals surface area contributed by atoms with Crippen molar-refractivity contribution in [1.29, 1.82) is 0 Å². The van der Waals surface area contributed by atoms with Gasteiger partial charge in [0.05, 0.1) is 6.42 Å². The molecule has 2 rings (SSSR count). The first-order valence-electron chi connectivity index (χ1n) is 4.78. The fraction of sp³-hybridized carbons (Fsp3) is 0.455. The zero-order valence-electron chi connectivity index (χ0n) is 8.16. The van der Waals surface area contributed by atoms with E-state index in [1.165, 1.54) is 0 Å². The minimum atomic E-state index is -0.729. The van der Waals surface area contributed by atoms with E-state index < -0.39 is 5.97 Å². The van der Waals surface area contributed by atoms with Crippen molar-refractivity contribution < 1.29 is 9.90 Å². The van der Waals surface area contributed by atoms with Crippen LogP contribution in [0.1, 0.15) is 30.5 Å². The Hall–Kier alpha value is -1.38. The monoisotopic (exact) mass is 191 g/mol. The molecule has 0 aromatic carbocycles. The van der Waals surface area contributed by atoms with Gasteiger partial charge in [0.1, 0.15) is 0 Å². The van der Waals surface area contributed by atoms with Crippen LogP contribution in [0.4, 0.5) is 0 Å². The molecule has 0 unspecified atom stereocenters. The SMILES string of the molecule is Cc1cccnc1C1(CC(=O)O)CC1. The Labute approximate surface area is 82.8 Å². The first-order chi connectivity index (χ1) is 6.64. The zero-order chi connectivity index (χ0) is 10.2. The van der Waals surface area contributed by atoms with E-state index in [1.807, 2.05) is 19.1 Å². The number of hydrogen-bond acceptors (Lipinski definition) is 2. The van der Waals surface area contributed by atoms with Crippen LogP contribution in [-0.4, -0.2) is 16.1 Å². The Balaban J connectivity index is 2.31. The van der Waals surface area contributed by atoms with Gasteiger partial charge in [0, 0.05) is 17.3 Å². The van der Waals surface area contributed by atoms with Gasteiger partial charge in [-0.2, -0.15) is 0 Å². The minimum absolute atomic E-state index is 0.156. The molecule has 1 aliphatic carbocycles. The predicted molar refractivity (Wildman–Crippen MR) is 52.1 cm³/mol. The van der Waals surface area contributed by atoms with Crippen molar-refractivity contribution in [3.8, 4) is 0 Å². The number of aliphatic carboxylic acids is 1. The highest BCUT2D eigenvalue weighted by Crippen LogP contribution is 2.51. The summed E-state index contributed by atoms with van der Waals surface area (Å²) >= 11 is 0. The lowest BCUT2D eigenvalue weighted by Crippen LogP contribution is -2.15. The standard InChI is InChI=1S/C11H13NO2/c1-8-3-2-6-12-10(8)11(4-5-11)7-9(13)14/h2-3,6H,4-5,7H2,1H3,(H,13,14). The highest BCUT2D eigenvalue weighted by molar-refractivity contribution is 5.70. The van der Waals surface area contributed by atoms with E-state index in [0.717, 1.165) is 24.1 Å². The molecule has 1 aliphatic rings. The van der Waals surface area contributed by atoms with Crippen molar-refractivity contribution in [2.75, 3.05) is 0 Å². The topological polar surface area (TPSA) is 50.2 Å². The van der Waals surface area contributed by atoms with Gasteiger partial charge in [0.25, 0.3) is 0 Å². The van der Waals surface area contributed by atoms with Gasteiger partial charge < -0.3 is 5.11 Å². The van der Waals surface area contributed by atoms with Gasteiger partial charge in [-0.3, -0.25) is 9.78 Å². The minimum Gasteiger partial charge on any atom is -0.481 e. The summed E-state index contributed by atoms with van der Waals surface area (Å²) in [5.41, 5.74) is 1.92. The predicted octanol–water partition coefficient (Wildman–Crippen LogP) is 1.90. The number of carbonyl (C=O) groups is 1. The molecule has 1 fully saturated rings. The molecule has 1 saturated carbocycles. The van der Waals surface area contributed by atoms with Crippen LogP contribution in [0.3, 0.4) is 0 Å². The molecule has 0 bridgehead atoms. The van der Waals surface area contributed by atoms with E-state index in [4.69, 9.17) is 5.11 Å². The van der Waals surface area contributed by atoms with E-state index in [1.54, 1.807) is 6.20 Å². The number of aryl methyl sites for hydroxylation is 1. The first kappa shape index (κ1) is 9.19. The molecular weight excluding hydrogens is 178 g/mol. The Morgan fingerprint density at radius 1 is 1.64 bits per heavy atom. The normalized spacial score (nSPS) is 17.8. The lowest BCUT2D eigenvalue weighted by atomic mass is 9.94. The van der Waals surface area contributed by atoms with Gasteiger partial charge in [0.2, 0.25) is 0 Å². The Morgan fingerprint density at radius 2 is 2.36 bits per heavy atom. The second-order valence-corrected chi connectivity index (χ2v) is 4.02. The molecule has 1 N–H and O–H groups in total. The Kier molecular flexibility index (Phi) is 2.02. The lowest BCUT2D eigenvalue weighted by molar-refractivity contribution is -0.137. The van der Waals surface area contributed by atoms with Crippen LogP contribution in [0.15, 0.2) is 18.3 Å². The molecular formula is C11H13NO2. The van der Waals surface area contributed by atoms with Crippen LogP contribution in [-0.2, 0) is 10.2 Å². The largest absolute Gasteiger partial charge is 0.481 e. The third kappa shape index (κ3) is 1.50. The van der Waals surface area contributed by atoms with Crippen molar-refractivity contribution in [1.82, 2.24) is 4.98 Å². The summed E-state index contributed by atoms with van der Waals surface area (Å²) in [6, 6.07) is 3.87. The molecule has 3 heteroatoms. The van der Waals surface area contributed by atoms with Crippen molar-refractivity contribution in [3.63, 3.8) is 0 Å². The van der Waals surface area contributed by atoms with Gasteiger partial charge in [-0.15, -0.1) is 0 Å². The van der Waals surface area contributed by atoms with Gasteiger partial charge in [-0.1, -0.05) is 6.07 Å². The van der Waals surface area contributed by atoms with E-state index in [-0.39, 0.29) is 11.8 Å². The summed E-state index contributed by atoms with van der Waals surface area (Å²) in [5, 5.41) is 8.81. The summed E-state index contributed by atoms with van der Waals surface area (Å²) < 4.78 is 0. The van der Waals surface area contributed by atoms with Crippen molar-refractivity contribution >= 4 is 5.97 Å². The van der Waals surface area contributed by atoms with Crippen LogP contribution in [0.5, 0.6) is 0 Å². The highest BCUT2D eigenvalue weighted by atomic mass is 16.4. The zero-order valence-corrected chi connectivity index (χ0v) is 8.16. The fourth-order valence-electron chi connectivity index (χ4n) is 1.98. The second-order valence-electron chi connectivity index (χ2n) is 4.02. The maximum atomic E-state index is 10.7. The van der Waals surface area contributed by atoms with E-state index in [2.05, 4.69) is 4.98 Å². The summed E-state index contributed by atoms with van der Waals surface area (Å²) in [4.78, 5) is 15.0. The van der Waals surface area contributed by atoms with Crippen LogP contribution >= 0.6 is 0 Å². The van der Waals surface area contributed by atoms with Gasteiger partial charge >= 0.3 is 5.97 Å². The summed E-state index contributed by atoms with van der Waals surface area (Å²) in [5.74, 6) is -0.729. The maximum absolute atomic E-state index is 10.7. The van der Waals surface area contributed by atoms with Crippen molar-refractivity contribution in [3.05, 3.63) is 29.6 Å². The quantitative estimate of drug-likeness (QED) is 0.793. The van der Waals surface area contributed by atoms with Crippen molar-refractivity contribution in [2.24, 2.45) is 0 Å². The Morgan fingerprint density at radius 3 is 2.86 bits per heavy atom. The van der Waals surface area contributed by atoms with Crippen LogP contribution in [0.25, 0.3) is 0 Å². The van der Waals surface area contributed by atoms with Crippen LogP contribution in [0.2, 0.25) is 0 Å². The van der Waals surface area contributed by atoms with E-state index in [9.17, 15) is 4.79 Å². The molecule has 0 radical (unpaired) electrons. The van der Waals surface area contributed by atoms with E-state index >= 15 is 0 Å². The lowest BCUT2D eigenvalue weighted by Gasteiger charge is -2.13. The number of carboxylic acid groups (broad SMARTS) is 1. The molecule has 3 nitrogen and oxygen atoms in total. The highest BCUT2D eigenvalue weighted by Gasteiger charge is 2.47. The van der Waals surface area contributed by atoms with E-state index in [0.29, 0.717) is 0 Å². The average molecular weight is 191 g/mol. The van der Waals surface area contributed by atoms with Crippen LogP contribution < -0.4 is 0 Å². The van der Waals surface area contributed by atoms with Crippen molar-refractivity contribution in [2.45, 2.75) is 31.6 Å². The molecule has 0 spiro atoms. The van der Waals surface area contributed by atoms with Gasteiger partial charge in [-0.05, 0) is 31.4 Å². The molecule has 0 aliphatic heterocycles. The number of carboxylic acids is 1. The fourth-order valence-corrected chi connectivity index (χ4v) is 1.98. The van der Waals surface area contributed by atoms with Gasteiger partial charge in [0.15, 0.2) is 0 Å². The molecule has 0 amide bonds. The smallest absolute Gasteiger partial charge is 0.304 e. The summed E-state index contributed by atoms with van der Waals surface area (Å²) in [7, 11) is 0. The molecule has 1 aromatic rings. The molecule has 1 heterocycles. The number of rotatable bonds is 3.